The molecule has 1 rings (SSSR count). The minimum absolute atomic E-state index is 0.449. The van der Waals surface area contributed by atoms with Crippen molar-refractivity contribution >= 4 is 24.0 Å². The third-order valence-electron chi connectivity index (χ3n) is 1.53. The Morgan fingerprint density at radius 2 is 2.64 bits per heavy atom. The summed E-state index contributed by atoms with van der Waals surface area (Å²) in [5.74, 6) is 0.857. The van der Waals surface area contributed by atoms with Gasteiger partial charge in [-0.25, -0.2) is 4.98 Å². The van der Waals surface area contributed by atoms with Crippen LogP contribution >= 0.6 is 24.0 Å². The van der Waals surface area contributed by atoms with E-state index in [0.717, 1.165) is 12.2 Å². The number of hydrogen-bond acceptors (Lipinski definition) is 4. The van der Waals surface area contributed by atoms with Gasteiger partial charge in [0.25, 0.3) is 0 Å². The average Bonchev–Trinajstić information content (AvgIpc) is 2.52. The van der Waals surface area contributed by atoms with E-state index in [1.54, 1.807) is 11.3 Å². The van der Waals surface area contributed by atoms with Crippen LogP contribution in [0.1, 0.15) is 5.01 Å². The molecular weight excluding hydrogens is 176 g/mol. The second-order valence-electron chi connectivity index (χ2n) is 2.30. The molecule has 0 fully saturated rings. The van der Waals surface area contributed by atoms with Gasteiger partial charge in [-0.15, -0.1) is 11.3 Å². The summed E-state index contributed by atoms with van der Waals surface area (Å²) < 4.78 is 0. The molecule has 11 heavy (non-hydrogen) atoms. The summed E-state index contributed by atoms with van der Waals surface area (Å²) in [5.41, 5.74) is 0. The van der Waals surface area contributed by atoms with Gasteiger partial charge in [0.05, 0.1) is 5.01 Å². The topological polar surface area (TPSA) is 24.9 Å². The van der Waals surface area contributed by atoms with E-state index in [0.29, 0.717) is 6.04 Å². The Labute approximate surface area is 76.5 Å². The standard InChI is InChI=1S/C7H12N2S2/c1-8-6(5-10)4-7-9-2-3-11-7/h2-3,6,8,10H,4-5H2,1H3. The molecule has 1 N–H and O–H groups in total. The Balaban J connectivity index is 2.41. The van der Waals surface area contributed by atoms with Crippen LogP contribution in [0, 0.1) is 0 Å². The van der Waals surface area contributed by atoms with Gasteiger partial charge in [-0.1, -0.05) is 0 Å². The summed E-state index contributed by atoms with van der Waals surface area (Å²) in [5, 5.41) is 6.36. The summed E-state index contributed by atoms with van der Waals surface area (Å²) in [6, 6.07) is 0.449. The number of likely N-dealkylation sites (N-methyl/N-ethyl adjacent to an activating group) is 1. The first-order valence-corrected chi connectivity index (χ1v) is 5.04. The predicted molar refractivity (Wildman–Crippen MR) is 52.5 cm³/mol. The molecule has 1 atom stereocenters. The number of hydrogen-bond donors (Lipinski definition) is 2. The number of nitrogens with one attached hydrogen (secondary N) is 1. The Kier molecular flexibility index (Phi) is 3.90. The van der Waals surface area contributed by atoms with Crippen LogP contribution in [-0.4, -0.2) is 23.8 Å². The van der Waals surface area contributed by atoms with Crippen molar-refractivity contribution in [2.75, 3.05) is 12.8 Å². The van der Waals surface area contributed by atoms with Crippen LogP contribution in [0.2, 0.25) is 0 Å². The molecular formula is C7H12N2S2. The number of nitrogens with zero attached hydrogens (tertiary/aromatic N) is 1. The second-order valence-corrected chi connectivity index (χ2v) is 3.64. The van der Waals surface area contributed by atoms with Crippen molar-refractivity contribution in [3.63, 3.8) is 0 Å². The summed E-state index contributed by atoms with van der Waals surface area (Å²) in [7, 11) is 1.95. The van der Waals surface area contributed by atoms with Crippen LogP contribution in [0.15, 0.2) is 11.6 Å². The number of thiol groups is 1. The lowest BCUT2D eigenvalue weighted by Crippen LogP contribution is -2.29. The van der Waals surface area contributed by atoms with E-state index in [1.165, 1.54) is 5.01 Å². The lowest BCUT2D eigenvalue weighted by Gasteiger charge is -2.10. The Morgan fingerprint density at radius 1 is 1.82 bits per heavy atom. The summed E-state index contributed by atoms with van der Waals surface area (Å²) in [6.45, 7) is 0. The van der Waals surface area contributed by atoms with E-state index in [1.807, 2.05) is 18.6 Å². The molecule has 0 spiro atoms. The molecule has 0 aliphatic carbocycles. The van der Waals surface area contributed by atoms with Gasteiger partial charge >= 0.3 is 0 Å². The number of aromatic nitrogens is 1. The molecule has 2 nitrogen and oxygen atoms in total. The van der Waals surface area contributed by atoms with Crippen molar-refractivity contribution in [3.05, 3.63) is 16.6 Å². The average molecular weight is 188 g/mol. The van der Waals surface area contributed by atoms with E-state index >= 15 is 0 Å². The molecule has 0 saturated carbocycles. The first kappa shape index (κ1) is 9.03. The van der Waals surface area contributed by atoms with Crippen LogP contribution in [0.4, 0.5) is 0 Å². The molecule has 0 bridgehead atoms. The van der Waals surface area contributed by atoms with E-state index < -0.39 is 0 Å². The van der Waals surface area contributed by atoms with Gasteiger partial charge in [0, 0.05) is 29.8 Å². The summed E-state index contributed by atoms with van der Waals surface area (Å²) in [6.07, 6.45) is 2.82. The van der Waals surface area contributed by atoms with Crippen molar-refractivity contribution in [1.82, 2.24) is 10.3 Å². The number of rotatable bonds is 4. The highest BCUT2D eigenvalue weighted by Crippen LogP contribution is 2.07. The van der Waals surface area contributed by atoms with Crippen molar-refractivity contribution in [1.29, 1.82) is 0 Å². The third-order valence-corrected chi connectivity index (χ3v) is 2.78. The lowest BCUT2D eigenvalue weighted by molar-refractivity contribution is 0.616. The molecule has 0 aliphatic heterocycles. The molecule has 1 aromatic rings. The largest absolute Gasteiger partial charge is 0.316 e. The molecule has 4 heteroatoms. The summed E-state index contributed by atoms with van der Waals surface area (Å²) in [4.78, 5) is 4.20. The predicted octanol–water partition coefficient (Wildman–Crippen LogP) is 1.20. The van der Waals surface area contributed by atoms with Gasteiger partial charge in [0.15, 0.2) is 0 Å². The smallest absolute Gasteiger partial charge is 0.0940 e. The molecule has 1 unspecified atom stereocenters. The van der Waals surface area contributed by atoms with Crippen LogP contribution < -0.4 is 5.32 Å². The van der Waals surface area contributed by atoms with Gasteiger partial charge in [0.1, 0.15) is 0 Å². The molecule has 1 aromatic heterocycles. The third kappa shape index (κ3) is 2.81. The fourth-order valence-corrected chi connectivity index (χ4v) is 1.83. The van der Waals surface area contributed by atoms with Crippen molar-refractivity contribution in [3.8, 4) is 0 Å². The molecule has 0 radical (unpaired) electrons. The SMILES string of the molecule is CNC(CS)Cc1nccs1. The van der Waals surface area contributed by atoms with Crippen molar-refractivity contribution in [2.45, 2.75) is 12.5 Å². The molecule has 62 valence electrons. The number of thiazole rings is 1. The van der Waals surface area contributed by atoms with Gasteiger partial charge in [-0.05, 0) is 7.05 Å². The monoisotopic (exact) mass is 188 g/mol. The normalized spacial score (nSPS) is 13.3. The summed E-state index contributed by atoms with van der Waals surface area (Å²) >= 11 is 5.92. The molecule has 0 amide bonds. The minimum atomic E-state index is 0.449. The molecule has 0 aromatic carbocycles. The van der Waals surface area contributed by atoms with Crippen LogP contribution in [0.3, 0.4) is 0 Å². The van der Waals surface area contributed by atoms with Crippen molar-refractivity contribution < 1.29 is 0 Å². The fraction of sp³-hybridized carbons (Fsp3) is 0.571. The highest BCUT2D eigenvalue weighted by Gasteiger charge is 2.05. The Bertz CT molecular complexity index is 182. The Morgan fingerprint density at radius 3 is 3.09 bits per heavy atom. The van der Waals surface area contributed by atoms with Crippen LogP contribution in [0.5, 0.6) is 0 Å². The molecule has 1 heterocycles. The minimum Gasteiger partial charge on any atom is -0.316 e. The maximum absolute atomic E-state index is 4.22. The van der Waals surface area contributed by atoms with E-state index in [4.69, 9.17) is 0 Å². The van der Waals surface area contributed by atoms with Crippen LogP contribution in [0.25, 0.3) is 0 Å². The van der Waals surface area contributed by atoms with Gasteiger partial charge in [0.2, 0.25) is 0 Å². The Hall–Kier alpha value is -0.0600. The highest BCUT2D eigenvalue weighted by atomic mass is 32.1. The van der Waals surface area contributed by atoms with Gasteiger partial charge in [-0.3, -0.25) is 0 Å². The maximum atomic E-state index is 4.22. The second kappa shape index (κ2) is 4.74. The zero-order valence-corrected chi connectivity index (χ0v) is 8.16. The first-order valence-electron chi connectivity index (χ1n) is 3.53. The fourth-order valence-electron chi connectivity index (χ4n) is 0.822. The van der Waals surface area contributed by atoms with E-state index in [2.05, 4.69) is 22.9 Å². The van der Waals surface area contributed by atoms with E-state index in [-0.39, 0.29) is 0 Å². The highest BCUT2D eigenvalue weighted by molar-refractivity contribution is 7.80. The maximum Gasteiger partial charge on any atom is 0.0940 e. The lowest BCUT2D eigenvalue weighted by atomic mass is 10.2. The van der Waals surface area contributed by atoms with E-state index in [9.17, 15) is 0 Å². The van der Waals surface area contributed by atoms with Crippen molar-refractivity contribution in [2.24, 2.45) is 0 Å². The molecule has 0 saturated heterocycles. The molecule has 0 aliphatic rings. The van der Waals surface area contributed by atoms with Crippen LogP contribution in [-0.2, 0) is 6.42 Å². The van der Waals surface area contributed by atoms with Gasteiger partial charge in [-0.2, -0.15) is 12.6 Å². The quantitative estimate of drug-likeness (QED) is 0.694. The zero-order chi connectivity index (χ0) is 8.10. The van der Waals surface area contributed by atoms with Gasteiger partial charge < -0.3 is 5.32 Å². The zero-order valence-electron chi connectivity index (χ0n) is 6.45. The first-order chi connectivity index (χ1) is 5.36.